The van der Waals surface area contributed by atoms with E-state index >= 15 is 0 Å². The van der Waals surface area contributed by atoms with Crippen LogP contribution in [0.4, 0.5) is 0 Å². The number of nitrogens with zero attached hydrogens (tertiary/aromatic N) is 2. The number of carboxylic acids is 1. The van der Waals surface area contributed by atoms with E-state index < -0.39 is 5.97 Å². The van der Waals surface area contributed by atoms with Gasteiger partial charge in [-0.2, -0.15) is 0 Å². The summed E-state index contributed by atoms with van der Waals surface area (Å²) in [5.41, 5.74) is 2.07. The molecule has 1 N–H and O–H groups in total. The number of ether oxygens (including phenoxy) is 1. The number of likely N-dealkylation sites (tertiary alicyclic amines) is 1. The first kappa shape index (κ1) is 17.9. The van der Waals surface area contributed by atoms with Crippen molar-refractivity contribution in [2.45, 2.75) is 18.9 Å². The highest BCUT2D eigenvalue weighted by Crippen LogP contribution is 2.37. The van der Waals surface area contributed by atoms with Gasteiger partial charge >= 0.3 is 5.97 Å². The van der Waals surface area contributed by atoms with Gasteiger partial charge in [0.25, 0.3) is 0 Å². The van der Waals surface area contributed by atoms with Crippen LogP contribution in [-0.2, 0) is 4.79 Å². The van der Waals surface area contributed by atoms with Gasteiger partial charge in [0.1, 0.15) is 10.8 Å². The molecule has 1 aliphatic heterocycles. The summed E-state index contributed by atoms with van der Waals surface area (Å²) in [6.07, 6.45) is 1.61. The number of benzene rings is 2. The molecule has 5 nitrogen and oxygen atoms in total. The van der Waals surface area contributed by atoms with Crippen LogP contribution in [0.5, 0.6) is 5.75 Å². The number of thiazole rings is 1. The summed E-state index contributed by atoms with van der Waals surface area (Å²) in [5, 5.41) is 10.5. The van der Waals surface area contributed by atoms with Crippen molar-refractivity contribution in [3.8, 4) is 5.75 Å². The molecule has 0 radical (unpaired) electrons. The molecular formula is C21H22N2O3S. The van der Waals surface area contributed by atoms with E-state index in [9.17, 15) is 9.90 Å². The zero-order valence-corrected chi connectivity index (χ0v) is 16.0. The van der Waals surface area contributed by atoms with Gasteiger partial charge in [0.05, 0.1) is 29.3 Å². The predicted molar refractivity (Wildman–Crippen MR) is 106 cm³/mol. The van der Waals surface area contributed by atoms with E-state index in [1.807, 2.05) is 36.4 Å². The molecule has 6 heteroatoms. The van der Waals surface area contributed by atoms with Crippen LogP contribution in [0.1, 0.15) is 29.5 Å². The third-order valence-corrected chi connectivity index (χ3v) is 6.21. The molecule has 0 spiro atoms. The third-order valence-electron chi connectivity index (χ3n) is 5.12. The van der Waals surface area contributed by atoms with Crippen LogP contribution in [0.3, 0.4) is 0 Å². The standard InChI is InChI=1S/C21H22N2O3S/c1-26-16-8-4-6-14(12-16)19(23-11-5-7-15(13-23)21(24)25)20-22-17-9-2-3-10-18(17)27-20/h2-4,6,8-10,12,15,19H,5,7,11,13H2,1H3,(H,24,25). The number of methoxy groups -OCH3 is 1. The Morgan fingerprint density at radius 1 is 1.30 bits per heavy atom. The van der Waals surface area contributed by atoms with Gasteiger partial charge in [-0.1, -0.05) is 24.3 Å². The lowest BCUT2D eigenvalue weighted by Gasteiger charge is -2.36. The number of carbonyl (C=O) groups is 1. The van der Waals surface area contributed by atoms with Crippen molar-refractivity contribution in [2.75, 3.05) is 20.2 Å². The topological polar surface area (TPSA) is 62.7 Å². The number of aromatic nitrogens is 1. The van der Waals surface area contributed by atoms with Crippen LogP contribution < -0.4 is 4.74 Å². The molecule has 1 aromatic heterocycles. The van der Waals surface area contributed by atoms with Crippen LogP contribution in [0.15, 0.2) is 48.5 Å². The number of hydrogen-bond donors (Lipinski definition) is 1. The van der Waals surface area contributed by atoms with E-state index in [4.69, 9.17) is 9.72 Å². The molecule has 2 unspecified atom stereocenters. The van der Waals surface area contributed by atoms with E-state index in [2.05, 4.69) is 17.0 Å². The summed E-state index contributed by atoms with van der Waals surface area (Å²) in [5.74, 6) is -0.250. The number of hydrogen-bond acceptors (Lipinski definition) is 5. The molecule has 1 fully saturated rings. The Morgan fingerprint density at radius 2 is 2.15 bits per heavy atom. The lowest BCUT2D eigenvalue weighted by Crippen LogP contribution is -2.41. The van der Waals surface area contributed by atoms with E-state index in [0.29, 0.717) is 6.54 Å². The summed E-state index contributed by atoms with van der Waals surface area (Å²) in [6.45, 7) is 1.40. The Kier molecular flexibility index (Phi) is 5.09. The second-order valence-electron chi connectivity index (χ2n) is 6.87. The van der Waals surface area contributed by atoms with Crippen molar-refractivity contribution >= 4 is 27.5 Å². The highest BCUT2D eigenvalue weighted by Gasteiger charge is 2.33. The predicted octanol–water partition coefficient (Wildman–Crippen LogP) is 4.19. The molecule has 1 aliphatic rings. The second kappa shape index (κ2) is 7.66. The number of fused-ring (bicyclic) bond motifs is 1. The van der Waals surface area contributed by atoms with E-state index in [-0.39, 0.29) is 12.0 Å². The highest BCUT2D eigenvalue weighted by atomic mass is 32.1. The summed E-state index contributed by atoms with van der Waals surface area (Å²) in [7, 11) is 1.66. The van der Waals surface area contributed by atoms with Gasteiger partial charge in [0, 0.05) is 6.54 Å². The minimum Gasteiger partial charge on any atom is -0.497 e. The quantitative estimate of drug-likeness (QED) is 0.717. The van der Waals surface area contributed by atoms with Crippen molar-refractivity contribution in [2.24, 2.45) is 5.92 Å². The Morgan fingerprint density at radius 3 is 2.93 bits per heavy atom. The lowest BCUT2D eigenvalue weighted by atomic mass is 9.95. The van der Waals surface area contributed by atoms with Gasteiger partial charge in [0.15, 0.2) is 0 Å². The first-order valence-corrected chi connectivity index (χ1v) is 9.93. The number of rotatable bonds is 5. The minimum atomic E-state index is -0.714. The van der Waals surface area contributed by atoms with Gasteiger partial charge < -0.3 is 9.84 Å². The maximum absolute atomic E-state index is 11.6. The van der Waals surface area contributed by atoms with Gasteiger partial charge in [-0.05, 0) is 49.2 Å². The van der Waals surface area contributed by atoms with Crippen molar-refractivity contribution in [1.29, 1.82) is 0 Å². The molecule has 2 heterocycles. The van der Waals surface area contributed by atoms with Crippen LogP contribution in [0, 0.1) is 5.92 Å². The Bertz CT molecular complexity index is 922. The molecule has 0 aliphatic carbocycles. The fourth-order valence-corrected chi connectivity index (χ4v) is 4.90. The summed E-state index contributed by atoms with van der Waals surface area (Å²) >= 11 is 1.68. The van der Waals surface area contributed by atoms with Crippen LogP contribution in [-0.4, -0.2) is 41.2 Å². The van der Waals surface area contributed by atoms with Crippen molar-refractivity contribution in [1.82, 2.24) is 9.88 Å². The normalized spacial score (nSPS) is 19.1. The average molecular weight is 382 g/mol. The summed E-state index contributed by atoms with van der Waals surface area (Å²) in [6, 6.07) is 16.1. The zero-order valence-electron chi connectivity index (χ0n) is 15.2. The summed E-state index contributed by atoms with van der Waals surface area (Å²) in [4.78, 5) is 18.7. The van der Waals surface area contributed by atoms with Crippen LogP contribution >= 0.6 is 11.3 Å². The fourth-order valence-electron chi connectivity index (χ4n) is 3.77. The second-order valence-corrected chi connectivity index (χ2v) is 7.93. The van der Waals surface area contributed by atoms with Gasteiger partial charge in [-0.15, -0.1) is 11.3 Å². The summed E-state index contributed by atoms with van der Waals surface area (Å²) < 4.78 is 6.56. The zero-order chi connectivity index (χ0) is 18.8. The van der Waals surface area contributed by atoms with E-state index in [1.165, 1.54) is 0 Å². The van der Waals surface area contributed by atoms with Crippen molar-refractivity contribution < 1.29 is 14.6 Å². The molecular weight excluding hydrogens is 360 g/mol. The number of piperidine rings is 1. The Balaban J connectivity index is 1.77. The van der Waals surface area contributed by atoms with Gasteiger partial charge in [0.2, 0.25) is 0 Å². The maximum atomic E-state index is 11.6. The first-order valence-electron chi connectivity index (χ1n) is 9.12. The number of aliphatic carboxylic acids is 1. The van der Waals surface area contributed by atoms with E-state index in [1.54, 1.807) is 18.4 Å². The van der Waals surface area contributed by atoms with Crippen molar-refractivity contribution in [3.63, 3.8) is 0 Å². The molecule has 27 heavy (non-hydrogen) atoms. The number of para-hydroxylation sites is 1. The van der Waals surface area contributed by atoms with Gasteiger partial charge in [-0.3, -0.25) is 9.69 Å². The highest BCUT2D eigenvalue weighted by molar-refractivity contribution is 7.18. The molecule has 1 saturated heterocycles. The smallest absolute Gasteiger partial charge is 0.307 e. The molecule has 2 atom stereocenters. The largest absolute Gasteiger partial charge is 0.497 e. The molecule has 2 aromatic carbocycles. The molecule has 0 bridgehead atoms. The lowest BCUT2D eigenvalue weighted by molar-refractivity contribution is -0.143. The molecule has 0 amide bonds. The first-order chi connectivity index (χ1) is 13.2. The SMILES string of the molecule is COc1cccc(C(c2nc3ccccc3s2)N2CCCC(C(=O)O)C2)c1. The van der Waals surface area contributed by atoms with Crippen LogP contribution in [0.2, 0.25) is 0 Å². The molecule has 3 aromatic rings. The fraction of sp³-hybridized carbons (Fsp3) is 0.333. The molecule has 140 valence electrons. The van der Waals surface area contributed by atoms with Crippen molar-refractivity contribution in [3.05, 3.63) is 59.1 Å². The molecule has 4 rings (SSSR count). The van der Waals surface area contributed by atoms with Gasteiger partial charge in [-0.25, -0.2) is 4.98 Å². The molecule has 0 saturated carbocycles. The Labute approximate surface area is 162 Å². The third kappa shape index (κ3) is 3.68. The Hall–Kier alpha value is -2.44. The maximum Gasteiger partial charge on any atom is 0.307 e. The van der Waals surface area contributed by atoms with E-state index in [0.717, 1.165) is 45.9 Å². The minimum absolute atomic E-state index is 0.0698. The number of carboxylic acid groups (broad SMARTS) is 1. The van der Waals surface area contributed by atoms with Crippen LogP contribution in [0.25, 0.3) is 10.2 Å². The average Bonchev–Trinajstić information content (AvgIpc) is 3.12. The monoisotopic (exact) mass is 382 g/mol.